The lowest BCUT2D eigenvalue weighted by Crippen LogP contribution is -1.80. The van der Waals surface area contributed by atoms with Crippen LogP contribution in [0.25, 0.3) is 0 Å². The summed E-state index contributed by atoms with van der Waals surface area (Å²) in [5, 5.41) is 0. The van der Waals surface area contributed by atoms with Crippen molar-refractivity contribution >= 4 is 11.9 Å². The molecule has 0 N–H and O–H groups in total. The summed E-state index contributed by atoms with van der Waals surface area (Å²) in [6, 6.07) is 18.5. The molecule has 0 bridgehead atoms. The standard InChI is InChI=1S/C15H15N/c1-2-13-9-6-10-15(11-13)16-12-14-7-4-3-5-8-14/h3-12H,2H2,1H3. The lowest BCUT2D eigenvalue weighted by Gasteiger charge is -1.98. The Morgan fingerprint density at radius 2 is 1.81 bits per heavy atom. The third-order valence-corrected chi connectivity index (χ3v) is 2.48. The van der Waals surface area contributed by atoms with Gasteiger partial charge in [-0.05, 0) is 29.7 Å². The Morgan fingerprint density at radius 3 is 2.56 bits per heavy atom. The highest BCUT2D eigenvalue weighted by molar-refractivity contribution is 5.81. The van der Waals surface area contributed by atoms with Crippen LogP contribution in [0.3, 0.4) is 0 Å². The summed E-state index contributed by atoms with van der Waals surface area (Å²) in [5.41, 5.74) is 3.47. The summed E-state index contributed by atoms with van der Waals surface area (Å²) >= 11 is 0. The van der Waals surface area contributed by atoms with Gasteiger partial charge in [0.25, 0.3) is 0 Å². The molecular formula is C15H15N. The largest absolute Gasteiger partial charge is 0.256 e. The van der Waals surface area contributed by atoms with Crippen molar-refractivity contribution < 1.29 is 0 Å². The van der Waals surface area contributed by atoms with Gasteiger partial charge in [-0.1, -0.05) is 49.4 Å². The van der Waals surface area contributed by atoms with Gasteiger partial charge in [0, 0.05) is 6.21 Å². The second-order valence-corrected chi connectivity index (χ2v) is 3.69. The lowest BCUT2D eigenvalue weighted by atomic mass is 10.1. The summed E-state index contributed by atoms with van der Waals surface area (Å²) in [6.07, 6.45) is 2.95. The molecular weight excluding hydrogens is 194 g/mol. The van der Waals surface area contributed by atoms with Gasteiger partial charge in [0.2, 0.25) is 0 Å². The summed E-state index contributed by atoms with van der Waals surface area (Å²) in [4.78, 5) is 4.46. The molecule has 0 radical (unpaired) electrons. The molecule has 0 heterocycles. The quantitative estimate of drug-likeness (QED) is 0.677. The van der Waals surface area contributed by atoms with E-state index in [-0.39, 0.29) is 0 Å². The molecule has 1 nitrogen and oxygen atoms in total. The zero-order valence-corrected chi connectivity index (χ0v) is 9.43. The zero-order chi connectivity index (χ0) is 11.2. The van der Waals surface area contributed by atoms with Crippen LogP contribution in [0.15, 0.2) is 59.6 Å². The monoisotopic (exact) mass is 209 g/mol. The number of aliphatic imine (C=N–C) groups is 1. The predicted octanol–water partition coefficient (Wildman–Crippen LogP) is 4.00. The average Bonchev–Trinajstić information content (AvgIpc) is 2.38. The fourth-order valence-corrected chi connectivity index (χ4v) is 1.54. The second kappa shape index (κ2) is 5.26. The Bertz CT molecular complexity index is 472. The Labute approximate surface area is 96.5 Å². The number of hydrogen-bond donors (Lipinski definition) is 0. The van der Waals surface area contributed by atoms with Gasteiger partial charge in [-0.2, -0.15) is 0 Å². The van der Waals surface area contributed by atoms with E-state index in [1.54, 1.807) is 0 Å². The maximum atomic E-state index is 4.46. The Balaban J connectivity index is 2.17. The highest BCUT2D eigenvalue weighted by Crippen LogP contribution is 2.14. The molecule has 0 saturated carbocycles. The Morgan fingerprint density at radius 1 is 1.00 bits per heavy atom. The first-order chi connectivity index (χ1) is 7.88. The molecule has 0 aliphatic heterocycles. The van der Waals surface area contributed by atoms with Crippen LogP contribution in [-0.2, 0) is 6.42 Å². The van der Waals surface area contributed by atoms with Crippen molar-refractivity contribution in [3.05, 3.63) is 65.7 Å². The smallest absolute Gasteiger partial charge is 0.0632 e. The maximum absolute atomic E-state index is 4.46. The molecule has 0 spiro atoms. The molecule has 0 atom stereocenters. The van der Waals surface area contributed by atoms with Crippen molar-refractivity contribution in [1.82, 2.24) is 0 Å². The molecule has 80 valence electrons. The molecule has 1 heteroatoms. The van der Waals surface area contributed by atoms with Crippen molar-refractivity contribution in [3.8, 4) is 0 Å². The molecule has 16 heavy (non-hydrogen) atoms. The topological polar surface area (TPSA) is 12.4 Å². The summed E-state index contributed by atoms with van der Waals surface area (Å²) < 4.78 is 0. The third kappa shape index (κ3) is 2.80. The van der Waals surface area contributed by atoms with Crippen LogP contribution in [0.2, 0.25) is 0 Å². The van der Waals surface area contributed by atoms with E-state index in [0.29, 0.717) is 0 Å². The van der Waals surface area contributed by atoms with Gasteiger partial charge in [-0.25, -0.2) is 0 Å². The van der Waals surface area contributed by atoms with Gasteiger partial charge in [0.1, 0.15) is 0 Å². The number of nitrogens with zero attached hydrogens (tertiary/aromatic N) is 1. The molecule has 0 aliphatic rings. The van der Waals surface area contributed by atoms with Gasteiger partial charge in [-0.15, -0.1) is 0 Å². The highest BCUT2D eigenvalue weighted by Gasteiger charge is 1.91. The van der Waals surface area contributed by atoms with E-state index in [2.05, 4.69) is 30.1 Å². The molecule has 0 amide bonds. The van der Waals surface area contributed by atoms with Crippen molar-refractivity contribution in [1.29, 1.82) is 0 Å². The predicted molar refractivity (Wildman–Crippen MR) is 69.5 cm³/mol. The minimum absolute atomic E-state index is 1.02. The summed E-state index contributed by atoms with van der Waals surface area (Å²) in [6.45, 7) is 2.15. The fraction of sp³-hybridized carbons (Fsp3) is 0.133. The van der Waals surface area contributed by atoms with Crippen LogP contribution in [0.1, 0.15) is 18.1 Å². The van der Waals surface area contributed by atoms with E-state index in [1.165, 1.54) is 5.56 Å². The van der Waals surface area contributed by atoms with E-state index in [1.807, 2.05) is 42.6 Å². The molecule has 0 aromatic heterocycles. The van der Waals surface area contributed by atoms with Gasteiger partial charge in [-0.3, -0.25) is 4.99 Å². The lowest BCUT2D eigenvalue weighted by molar-refractivity contribution is 1.14. The van der Waals surface area contributed by atoms with Crippen molar-refractivity contribution in [3.63, 3.8) is 0 Å². The minimum Gasteiger partial charge on any atom is -0.256 e. The molecule has 0 unspecified atom stereocenters. The minimum atomic E-state index is 1.02. The van der Waals surface area contributed by atoms with E-state index in [9.17, 15) is 0 Å². The average molecular weight is 209 g/mol. The van der Waals surface area contributed by atoms with Crippen molar-refractivity contribution in [2.75, 3.05) is 0 Å². The summed E-state index contributed by atoms with van der Waals surface area (Å²) in [5.74, 6) is 0. The Hall–Kier alpha value is -1.89. The number of benzene rings is 2. The summed E-state index contributed by atoms with van der Waals surface area (Å²) in [7, 11) is 0. The van der Waals surface area contributed by atoms with Crippen LogP contribution in [0.5, 0.6) is 0 Å². The van der Waals surface area contributed by atoms with Gasteiger partial charge in [0.05, 0.1) is 5.69 Å². The Kier molecular flexibility index (Phi) is 3.50. The van der Waals surface area contributed by atoms with Crippen LogP contribution < -0.4 is 0 Å². The van der Waals surface area contributed by atoms with Crippen molar-refractivity contribution in [2.45, 2.75) is 13.3 Å². The SMILES string of the molecule is CCc1cccc(N=Cc2ccccc2)c1. The van der Waals surface area contributed by atoms with Gasteiger partial charge in [0.15, 0.2) is 0 Å². The maximum Gasteiger partial charge on any atom is 0.0632 e. The van der Waals surface area contributed by atoms with Crippen LogP contribution >= 0.6 is 0 Å². The van der Waals surface area contributed by atoms with Crippen molar-refractivity contribution in [2.24, 2.45) is 4.99 Å². The number of rotatable bonds is 3. The molecule has 0 saturated heterocycles. The normalized spacial score (nSPS) is 10.8. The molecule has 2 aromatic carbocycles. The highest BCUT2D eigenvalue weighted by atomic mass is 14.7. The zero-order valence-electron chi connectivity index (χ0n) is 9.43. The molecule has 0 fully saturated rings. The van der Waals surface area contributed by atoms with Crippen LogP contribution in [-0.4, -0.2) is 6.21 Å². The molecule has 0 aliphatic carbocycles. The first-order valence-electron chi connectivity index (χ1n) is 5.56. The third-order valence-electron chi connectivity index (χ3n) is 2.48. The van der Waals surface area contributed by atoms with E-state index in [0.717, 1.165) is 17.7 Å². The van der Waals surface area contributed by atoms with E-state index in [4.69, 9.17) is 0 Å². The molecule has 2 aromatic rings. The van der Waals surface area contributed by atoms with E-state index < -0.39 is 0 Å². The van der Waals surface area contributed by atoms with E-state index >= 15 is 0 Å². The fourth-order valence-electron chi connectivity index (χ4n) is 1.54. The van der Waals surface area contributed by atoms with Gasteiger partial charge >= 0.3 is 0 Å². The number of hydrogen-bond acceptors (Lipinski definition) is 1. The van der Waals surface area contributed by atoms with Crippen LogP contribution in [0, 0.1) is 0 Å². The first kappa shape index (κ1) is 10.6. The van der Waals surface area contributed by atoms with Gasteiger partial charge < -0.3 is 0 Å². The molecule has 2 rings (SSSR count). The van der Waals surface area contributed by atoms with Crippen LogP contribution in [0.4, 0.5) is 5.69 Å². The first-order valence-corrected chi connectivity index (χ1v) is 5.56. The second-order valence-electron chi connectivity index (χ2n) is 3.69. The number of aryl methyl sites for hydroxylation is 1.